The van der Waals surface area contributed by atoms with Crippen LogP contribution in [0.2, 0.25) is 5.02 Å². The minimum Gasteiger partial charge on any atom is -0.497 e. The molecular formula is C16H17ClN2O2. The molecule has 1 amide bonds. The summed E-state index contributed by atoms with van der Waals surface area (Å²) in [4.78, 5) is 14.0. The Morgan fingerprint density at radius 2 is 2.05 bits per heavy atom. The minimum absolute atomic E-state index is 0.146. The fourth-order valence-corrected chi connectivity index (χ4v) is 2.23. The Hall–Kier alpha value is -2.20. The molecule has 110 valence electrons. The lowest BCUT2D eigenvalue weighted by Crippen LogP contribution is -2.27. The Kier molecular flexibility index (Phi) is 4.70. The molecule has 0 aliphatic carbocycles. The monoisotopic (exact) mass is 304 g/mol. The van der Waals surface area contributed by atoms with E-state index in [2.05, 4.69) is 0 Å². The van der Waals surface area contributed by atoms with Crippen molar-refractivity contribution in [1.82, 2.24) is 4.90 Å². The summed E-state index contributed by atoms with van der Waals surface area (Å²) in [6.45, 7) is 0.470. The van der Waals surface area contributed by atoms with Crippen LogP contribution in [0.1, 0.15) is 15.9 Å². The summed E-state index contributed by atoms with van der Waals surface area (Å²) in [5.74, 6) is 0.617. The summed E-state index contributed by atoms with van der Waals surface area (Å²) in [5, 5.41) is 0.513. The summed E-state index contributed by atoms with van der Waals surface area (Å²) in [7, 11) is 3.35. The van der Waals surface area contributed by atoms with Crippen LogP contribution in [0, 0.1) is 0 Å². The van der Waals surface area contributed by atoms with Gasteiger partial charge in [-0.25, -0.2) is 0 Å². The van der Waals surface area contributed by atoms with E-state index in [9.17, 15) is 4.79 Å². The number of halogens is 1. The Morgan fingerprint density at radius 1 is 1.29 bits per heavy atom. The molecule has 0 aromatic heterocycles. The molecule has 0 saturated carbocycles. The van der Waals surface area contributed by atoms with Crippen molar-refractivity contribution in [2.75, 3.05) is 19.9 Å². The maximum absolute atomic E-state index is 12.4. The SMILES string of the molecule is COc1cccc(CN(C)C(=O)c2ccc(Cl)cc2N)c1. The van der Waals surface area contributed by atoms with Gasteiger partial charge in [-0.15, -0.1) is 0 Å². The summed E-state index contributed by atoms with van der Waals surface area (Å²) < 4.78 is 5.18. The number of anilines is 1. The van der Waals surface area contributed by atoms with Gasteiger partial charge in [-0.2, -0.15) is 0 Å². The van der Waals surface area contributed by atoms with Crippen LogP contribution < -0.4 is 10.5 Å². The maximum Gasteiger partial charge on any atom is 0.255 e. The van der Waals surface area contributed by atoms with Gasteiger partial charge in [0.05, 0.1) is 12.7 Å². The molecule has 0 heterocycles. The maximum atomic E-state index is 12.4. The number of hydrogen-bond donors (Lipinski definition) is 1. The zero-order valence-electron chi connectivity index (χ0n) is 12.0. The van der Waals surface area contributed by atoms with Gasteiger partial charge in [-0.3, -0.25) is 4.79 Å². The van der Waals surface area contributed by atoms with E-state index in [-0.39, 0.29) is 5.91 Å². The number of nitrogen functional groups attached to an aromatic ring is 1. The number of methoxy groups -OCH3 is 1. The van der Waals surface area contributed by atoms with Crippen LogP contribution in [0.5, 0.6) is 5.75 Å². The summed E-state index contributed by atoms with van der Waals surface area (Å²) >= 11 is 5.85. The van der Waals surface area contributed by atoms with Crippen molar-refractivity contribution >= 4 is 23.2 Å². The molecule has 0 radical (unpaired) electrons. The Bertz CT molecular complexity index is 658. The smallest absolute Gasteiger partial charge is 0.255 e. The quantitative estimate of drug-likeness (QED) is 0.883. The third-order valence-electron chi connectivity index (χ3n) is 3.14. The normalized spacial score (nSPS) is 10.2. The highest BCUT2D eigenvalue weighted by atomic mass is 35.5. The van der Waals surface area contributed by atoms with Crippen molar-refractivity contribution in [3.8, 4) is 5.75 Å². The van der Waals surface area contributed by atoms with Gasteiger partial charge in [0.25, 0.3) is 5.91 Å². The van der Waals surface area contributed by atoms with E-state index in [0.717, 1.165) is 11.3 Å². The molecule has 4 nitrogen and oxygen atoms in total. The lowest BCUT2D eigenvalue weighted by atomic mass is 10.1. The van der Waals surface area contributed by atoms with Gasteiger partial charge in [0.2, 0.25) is 0 Å². The first-order chi connectivity index (χ1) is 10.0. The number of carbonyl (C=O) groups is 1. The van der Waals surface area contributed by atoms with Crippen LogP contribution in [0.15, 0.2) is 42.5 Å². The van der Waals surface area contributed by atoms with Crippen molar-refractivity contribution in [2.24, 2.45) is 0 Å². The van der Waals surface area contributed by atoms with Crippen LogP contribution in [0.3, 0.4) is 0 Å². The number of rotatable bonds is 4. The predicted molar refractivity (Wildman–Crippen MR) is 84.7 cm³/mol. The molecule has 0 saturated heterocycles. The first kappa shape index (κ1) is 15.2. The van der Waals surface area contributed by atoms with Crippen LogP contribution >= 0.6 is 11.6 Å². The van der Waals surface area contributed by atoms with E-state index in [0.29, 0.717) is 22.8 Å². The molecule has 0 unspecified atom stereocenters. The molecule has 0 bridgehead atoms. The van der Waals surface area contributed by atoms with Crippen molar-refractivity contribution in [3.63, 3.8) is 0 Å². The average Bonchev–Trinajstić information content (AvgIpc) is 2.46. The molecule has 0 aliphatic heterocycles. The van der Waals surface area contributed by atoms with Crippen molar-refractivity contribution in [1.29, 1.82) is 0 Å². The highest BCUT2D eigenvalue weighted by molar-refractivity contribution is 6.31. The second kappa shape index (κ2) is 6.50. The average molecular weight is 305 g/mol. The number of benzene rings is 2. The van der Waals surface area contributed by atoms with Crippen LogP contribution in [0.4, 0.5) is 5.69 Å². The molecule has 21 heavy (non-hydrogen) atoms. The second-order valence-electron chi connectivity index (χ2n) is 4.74. The molecule has 0 spiro atoms. The summed E-state index contributed by atoms with van der Waals surface area (Å²) in [5.41, 5.74) is 7.66. The van der Waals surface area contributed by atoms with Gasteiger partial charge in [0, 0.05) is 24.3 Å². The fraction of sp³-hybridized carbons (Fsp3) is 0.188. The number of nitrogens with zero attached hydrogens (tertiary/aromatic N) is 1. The van der Waals surface area contributed by atoms with E-state index >= 15 is 0 Å². The van der Waals surface area contributed by atoms with Gasteiger partial charge in [-0.05, 0) is 35.9 Å². The Morgan fingerprint density at radius 3 is 2.71 bits per heavy atom. The van der Waals surface area contributed by atoms with Crippen LogP contribution in [0.25, 0.3) is 0 Å². The summed E-state index contributed by atoms with van der Waals surface area (Å²) in [6, 6.07) is 12.5. The largest absolute Gasteiger partial charge is 0.497 e. The van der Waals surface area contributed by atoms with E-state index in [1.807, 2.05) is 24.3 Å². The number of hydrogen-bond acceptors (Lipinski definition) is 3. The fourth-order valence-electron chi connectivity index (χ4n) is 2.05. The summed E-state index contributed by atoms with van der Waals surface area (Å²) in [6.07, 6.45) is 0. The first-order valence-electron chi connectivity index (χ1n) is 6.44. The van der Waals surface area contributed by atoms with Gasteiger partial charge < -0.3 is 15.4 Å². The number of carbonyl (C=O) groups excluding carboxylic acids is 1. The molecule has 5 heteroatoms. The first-order valence-corrected chi connectivity index (χ1v) is 6.82. The zero-order chi connectivity index (χ0) is 15.4. The topological polar surface area (TPSA) is 55.6 Å². The molecular weight excluding hydrogens is 288 g/mol. The van der Waals surface area contributed by atoms with E-state index < -0.39 is 0 Å². The van der Waals surface area contributed by atoms with Gasteiger partial charge in [-0.1, -0.05) is 23.7 Å². The van der Waals surface area contributed by atoms with E-state index in [1.54, 1.807) is 37.3 Å². The Balaban J connectivity index is 2.15. The molecule has 0 atom stereocenters. The van der Waals surface area contributed by atoms with E-state index in [1.165, 1.54) is 0 Å². The molecule has 2 aromatic rings. The second-order valence-corrected chi connectivity index (χ2v) is 5.18. The lowest BCUT2D eigenvalue weighted by molar-refractivity contribution is 0.0786. The van der Waals surface area contributed by atoms with Crippen LogP contribution in [-0.4, -0.2) is 25.0 Å². The van der Waals surface area contributed by atoms with Crippen LogP contribution in [-0.2, 0) is 6.54 Å². The highest BCUT2D eigenvalue weighted by Gasteiger charge is 2.15. The standard InChI is InChI=1S/C16H17ClN2O2/c1-19(10-11-4-3-5-13(8-11)21-2)16(20)14-7-6-12(17)9-15(14)18/h3-9H,10,18H2,1-2H3. The van der Waals surface area contributed by atoms with Crippen molar-refractivity contribution in [2.45, 2.75) is 6.54 Å². The molecule has 0 aliphatic rings. The molecule has 2 aromatic carbocycles. The number of amides is 1. The van der Waals surface area contributed by atoms with Gasteiger partial charge >= 0.3 is 0 Å². The number of ether oxygens (including phenoxy) is 1. The number of nitrogens with two attached hydrogens (primary N) is 1. The Labute approximate surface area is 129 Å². The van der Waals surface area contributed by atoms with Gasteiger partial charge in [0.1, 0.15) is 5.75 Å². The van der Waals surface area contributed by atoms with E-state index in [4.69, 9.17) is 22.1 Å². The predicted octanol–water partition coefficient (Wildman–Crippen LogP) is 3.20. The highest BCUT2D eigenvalue weighted by Crippen LogP contribution is 2.20. The lowest BCUT2D eigenvalue weighted by Gasteiger charge is -2.18. The molecule has 0 fully saturated rings. The van der Waals surface area contributed by atoms with Crippen molar-refractivity contribution in [3.05, 3.63) is 58.6 Å². The zero-order valence-corrected chi connectivity index (χ0v) is 12.7. The van der Waals surface area contributed by atoms with Crippen molar-refractivity contribution < 1.29 is 9.53 Å². The molecule has 2 rings (SSSR count). The third kappa shape index (κ3) is 3.67. The third-order valence-corrected chi connectivity index (χ3v) is 3.38. The van der Waals surface area contributed by atoms with Gasteiger partial charge in [0.15, 0.2) is 0 Å². The molecule has 2 N–H and O–H groups in total. The minimum atomic E-state index is -0.146.